The zero-order valence-electron chi connectivity index (χ0n) is 20.1. The van der Waals surface area contributed by atoms with E-state index < -0.39 is 29.8 Å². The van der Waals surface area contributed by atoms with Crippen LogP contribution in [0.2, 0.25) is 0 Å². The van der Waals surface area contributed by atoms with Crippen molar-refractivity contribution in [2.45, 2.75) is 18.9 Å². The minimum Gasteiger partial charge on any atom is -0.594 e. The maximum absolute atomic E-state index is 12.4. The van der Waals surface area contributed by atoms with Crippen molar-refractivity contribution in [2.24, 2.45) is 10.8 Å². The van der Waals surface area contributed by atoms with Crippen molar-refractivity contribution in [3.8, 4) is 0 Å². The summed E-state index contributed by atoms with van der Waals surface area (Å²) in [7, 11) is 0. The third-order valence-corrected chi connectivity index (χ3v) is 4.79. The van der Waals surface area contributed by atoms with Crippen molar-refractivity contribution >= 4 is 47.3 Å². The molecule has 2 amide bonds. The number of primary amides is 1. The van der Waals surface area contributed by atoms with Gasteiger partial charge in [-0.3, -0.25) is 9.59 Å². The summed E-state index contributed by atoms with van der Waals surface area (Å²) in [4.78, 5) is 44.8. The summed E-state index contributed by atoms with van der Waals surface area (Å²) in [5, 5.41) is 36.3. The van der Waals surface area contributed by atoms with Gasteiger partial charge in [0.05, 0.1) is 0 Å². The van der Waals surface area contributed by atoms with Crippen LogP contribution < -0.4 is 11.1 Å². The molecule has 0 saturated heterocycles. The highest BCUT2D eigenvalue weighted by Gasteiger charge is 2.19. The molecule has 2 aromatic carbocycles. The first kappa shape index (κ1) is 28.9. The fourth-order valence-electron chi connectivity index (χ4n) is 2.91. The minimum absolute atomic E-state index is 0.105. The SMILES string of the molecule is NC(=O)CCC(NC(=O)/C=C/C=C/c1ccc([N+]([O-])=Nc2ccc(/C=C/C=C/C(=O)O)cc2)cc1)C(=O)O. The smallest absolute Gasteiger partial charge is 0.328 e. The fraction of sp³-hybridized carbons (Fsp3) is 0.111. The van der Waals surface area contributed by atoms with E-state index in [2.05, 4.69) is 10.4 Å². The van der Waals surface area contributed by atoms with Gasteiger partial charge in [-0.15, -0.1) is 0 Å². The average Bonchev–Trinajstić information content (AvgIpc) is 2.88. The molecule has 0 bridgehead atoms. The molecular formula is C27H26N4O7. The lowest BCUT2D eigenvalue weighted by Crippen LogP contribution is -2.40. The second-order valence-corrected chi connectivity index (χ2v) is 7.74. The molecule has 1 unspecified atom stereocenters. The molecule has 0 fully saturated rings. The Kier molecular flexibility index (Phi) is 11.4. The largest absolute Gasteiger partial charge is 0.594 e. The van der Waals surface area contributed by atoms with Crippen LogP contribution in [-0.2, 0) is 19.2 Å². The number of nitrogens with two attached hydrogens (primary N) is 1. The van der Waals surface area contributed by atoms with Gasteiger partial charge in [0.1, 0.15) is 11.7 Å². The van der Waals surface area contributed by atoms with Gasteiger partial charge in [-0.25, -0.2) is 9.59 Å². The Labute approximate surface area is 218 Å². The number of amides is 2. The van der Waals surface area contributed by atoms with E-state index in [9.17, 15) is 24.4 Å². The quantitative estimate of drug-likeness (QED) is 0.102. The topological polar surface area (TPSA) is 185 Å². The number of allylic oxidation sites excluding steroid dienone is 4. The number of hydrogen-bond acceptors (Lipinski definition) is 6. The molecule has 0 aliphatic heterocycles. The summed E-state index contributed by atoms with van der Waals surface area (Å²) < 4.78 is 0. The predicted octanol–water partition coefficient (Wildman–Crippen LogP) is 3.67. The van der Waals surface area contributed by atoms with E-state index in [-0.39, 0.29) is 12.8 Å². The molecule has 2 aromatic rings. The third-order valence-electron chi connectivity index (χ3n) is 4.79. The summed E-state index contributed by atoms with van der Waals surface area (Å²) in [6, 6.07) is 12.1. The first-order valence-corrected chi connectivity index (χ1v) is 11.3. The van der Waals surface area contributed by atoms with Crippen molar-refractivity contribution in [1.29, 1.82) is 0 Å². The molecule has 2 rings (SSSR count). The van der Waals surface area contributed by atoms with Crippen molar-refractivity contribution in [3.63, 3.8) is 0 Å². The summed E-state index contributed by atoms with van der Waals surface area (Å²) in [5.74, 6) is -3.59. The Balaban J connectivity index is 1.93. The van der Waals surface area contributed by atoms with E-state index in [0.29, 0.717) is 16.2 Å². The van der Waals surface area contributed by atoms with E-state index in [1.807, 2.05) is 0 Å². The van der Waals surface area contributed by atoms with Crippen molar-refractivity contribution in [3.05, 3.63) is 101 Å². The van der Waals surface area contributed by atoms with E-state index >= 15 is 0 Å². The van der Waals surface area contributed by atoms with Gasteiger partial charge in [0.25, 0.3) is 0 Å². The predicted molar refractivity (Wildman–Crippen MR) is 140 cm³/mol. The van der Waals surface area contributed by atoms with Crippen LogP contribution in [0.4, 0.5) is 11.4 Å². The van der Waals surface area contributed by atoms with E-state index in [1.54, 1.807) is 72.8 Å². The molecule has 1 atom stereocenters. The molecule has 11 heteroatoms. The summed E-state index contributed by atoms with van der Waals surface area (Å²) >= 11 is 0. The van der Waals surface area contributed by atoms with Crippen LogP contribution in [0.5, 0.6) is 0 Å². The van der Waals surface area contributed by atoms with Crippen molar-refractivity contribution in [2.75, 3.05) is 0 Å². The molecule has 0 aliphatic carbocycles. The van der Waals surface area contributed by atoms with Gasteiger partial charge in [0.15, 0.2) is 0 Å². The number of azo groups is 1. The van der Waals surface area contributed by atoms with Gasteiger partial charge < -0.3 is 26.5 Å². The number of rotatable bonds is 13. The van der Waals surface area contributed by atoms with Gasteiger partial charge in [-0.1, -0.05) is 53.4 Å². The van der Waals surface area contributed by atoms with Crippen molar-refractivity contribution in [1.82, 2.24) is 5.32 Å². The minimum atomic E-state index is -1.26. The lowest BCUT2D eigenvalue weighted by Gasteiger charge is -2.11. The monoisotopic (exact) mass is 518 g/mol. The molecular weight excluding hydrogens is 492 g/mol. The van der Waals surface area contributed by atoms with Crippen molar-refractivity contribution < 1.29 is 34.3 Å². The normalized spacial score (nSPS) is 12.9. The van der Waals surface area contributed by atoms with E-state index in [4.69, 9.17) is 15.9 Å². The summed E-state index contributed by atoms with van der Waals surface area (Å²) in [6.07, 6.45) is 11.3. The lowest BCUT2D eigenvalue weighted by atomic mass is 10.1. The van der Waals surface area contributed by atoms with E-state index in [1.165, 1.54) is 12.2 Å². The molecule has 0 saturated carbocycles. The maximum atomic E-state index is 12.4. The van der Waals surface area contributed by atoms with Gasteiger partial charge in [-0.05, 0) is 41.8 Å². The lowest BCUT2D eigenvalue weighted by molar-refractivity contribution is -0.435. The number of carbonyl (C=O) groups excluding carboxylic acids is 2. The molecule has 11 nitrogen and oxygen atoms in total. The standard InChI is InChI=1S/C27H26N4O7/c28-24(32)18-17-23(27(36)37)29-25(33)7-3-1-5-20-11-15-22(16-12-20)31(38)30-21-13-9-19(10-14-21)6-2-4-8-26(34)35/h1-16,23H,17-18H2,(H2,28,32)(H,29,33)(H,34,35)(H,36,37)/b5-1+,6-2+,7-3+,8-4+,31-30?. The molecule has 0 aromatic heterocycles. The highest BCUT2D eigenvalue weighted by molar-refractivity contribution is 5.91. The second-order valence-electron chi connectivity index (χ2n) is 7.74. The summed E-state index contributed by atoms with van der Waals surface area (Å²) in [6.45, 7) is 0. The van der Waals surface area contributed by atoms with Crippen LogP contribution in [0.3, 0.4) is 0 Å². The maximum Gasteiger partial charge on any atom is 0.328 e. The Morgan fingerprint density at radius 1 is 0.895 bits per heavy atom. The number of aliphatic carboxylic acids is 2. The molecule has 196 valence electrons. The van der Waals surface area contributed by atoms with Crippen LogP contribution in [0.15, 0.2) is 90.1 Å². The average molecular weight is 519 g/mol. The van der Waals surface area contributed by atoms with Crippen LogP contribution in [0.1, 0.15) is 24.0 Å². The second kappa shape index (κ2) is 14.9. The highest BCUT2D eigenvalue weighted by Crippen LogP contribution is 2.19. The Hall–Kier alpha value is -5.32. The van der Waals surface area contributed by atoms with Crippen LogP contribution >= 0.6 is 0 Å². The van der Waals surface area contributed by atoms with Crippen LogP contribution in [0.25, 0.3) is 12.2 Å². The Morgan fingerprint density at radius 3 is 1.97 bits per heavy atom. The number of nitrogens with one attached hydrogen (secondary N) is 1. The molecule has 38 heavy (non-hydrogen) atoms. The molecule has 0 heterocycles. The first-order chi connectivity index (χ1) is 18.1. The number of nitrogens with zero attached hydrogens (tertiary/aromatic N) is 2. The zero-order chi connectivity index (χ0) is 27.9. The van der Waals surface area contributed by atoms with Crippen LogP contribution in [0, 0.1) is 5.21 Å². The van der Waals surface area contributed by atoms with Gasteiger partial charge >= 0.3 is 11.9 Å². The third kappa shape index (κ3) is 11.0. The summed E-state index contributed by atoms with van der Waals surface area (Å²) in [5.41, 5.74) is 7.29. The molecule has 5 N–H and O–H groups in total. The molecule has 0 radical (unpaired) electrons. The fourth-order valence-corrected chi connectivity index (χ4v) is 2.91. The highest BCUT2D eigenvalue weighted by atomic mass is 16.5. The zero-order valence-corrected chi connectivity index (χ0v) is 20.1. The van der Waals surface area contributed by atoms with Gasteiger partial charge in [0.2, 0.25) is 17.5 Å². The number of benzene rings is 2. The van der Waals surface area contributed by atoms with Gasteiger partial charge in [0, 0.05) is 35.8 Å². The number of carbonyl (C=O) groups is 4. The van der Waals surface area contributed by atoms with E-state index in [0.717, 1.165) is 23.3 Å². The Morgan fingerprint density at radius 2 is 1.45 bits per heavy atom. The number of hydrogen-bond donors (Lipinski definition) is 4. The van der Waals surface area contributed by atoms with Crippen LogP contribution in [-0.4, -0.2) is 44.9 Å². The number of carboxylic acid groups (broad SMARTS) is 2. The molecule has 0 aliphatic rings. The van der Waals surface area contributed by atoms with Gasteiger partial charge in [-0.2, -0.15) is 0 Å². The molecule has 0 spiro atoms. The number of carboxylic acids is 2. The first-order valence-electron chi connectivity index (χ1n) is 11.3. The Bertz CT molecular complexity index is 1290.